The average molecular weight is 449 g/mol. The molecule has 3 aromatic rings. The molecule has 0 spiro atoms. The Bertz CT molecular complexity index is 1140. The van der Waals surface area contributed by atoms with Crippen molar-refractivity contribution in [3.05, 3.63) is 94.0 Å². The van der Waals surface area contributed by atoms with Crippen molar-refractivity contribution in [2.45, 2.75) is 17.9 Å². The van der Waals surface area contributed by atoms with Gasteiger partial charge in [-0.15, -0.1) is 0 Å². The SMILES string of the molecule is C[C@@H](NC(=O)c1ccc(Cl)c(S(=O)(=O)Nc2cccc(Cl)c2)c1)c1ccccc1. The van der Waals surface area contributed by atoms with Crippen molar-refractivity contribution in [3.63, 3.8) is 0 Å². The van der Waals surface area contributed by atoms with E-state index in [4.69, 9.17) is 23.2 Å². The summed E-state index contributed by atoms with van der Waals surface area (Å²) in [5.74, 6) is -0.405. The molecule has 3 aromatic carbocycles. The lowest BCUT2D eigenvalue weighted by atomic mass is 10.1. The highest BCUT2D eigenvalue weighted by atomic mass is 35.5. The van der Waals surface area contributed by atoms with Gasteiger partial charge in [-0.1, -0.05) is 59.6 Å². The lowest BCUT2D eigenvalue weighted by Gasteiger charge is -2.15. The molecule has 0 heterocycles. The molecule has 1 atom stereocenters. The average Bonchev–Trinajstić information content (AvgIpc) is 2.68. The smallest absolute Gasteiger partial charge is 0.263 e. The van der Waals surface area contributed by atoms with Crippen molar-refractivity contribution in [3.8, 4) is 0 Å². The van der Waals surface area contributed by atoms with Crippen LogP contribution in [0.3, 0.4) is 0 Å². The molecule has 0 bridgehead atoms. The molecule has 0 aliphatic rings. The molecule has 0 saturated heterocycles. The summed E-state index contributed by atoms with van der Waals surface area (Å²) < 4.78 is 28.0. The maximum Gasteiger partial charge on any atom is 0.263 e. The van der Waals surface area contributed by atoms with Crippen LogP contribution in [0.2, 0.25) is 10.0 Å². The molecule has 0 fully saturated rings. The van der Waals surface area contributed by atoms with Crippen LogP contribution in [0.25, 0.3) is 0 Å². The highest BCUT2D eigenvalue weighted by Gasteiger charge is 2.21. The molecule has 2 N–H and O–H groups in total. The van der Waals surface area contributed by atoms with E-state index < -0.39 is 15.9 Å². The predicted octanol–water partition coefficient (Wildman–Crippen LogP) is 5.29. The number of amides is 1. The molecule has 29 heavy (non-hydrogen) atoms. The molecule has 0 radical (unpaired) electrons. The van der Waals surface area contributed by atoms with Crippen molar-refractivity contribution in [2.24, 2.45) is 0 Å². The van der Waals surface area contributed by atoms with Gasteiger partial charge < -0.3 is 5.32 Å². The number of carbonyl (C=O) groups excluding carboxylic acids is 1. The van der Waals surface area contributed by atoms with E-state index in [1.165, 1.54) is 24.3 Å². The first-order valence-corrected chi connectivity index (χ1v) is 10.9. The monoisotopic (exact) mass is 448 g/mol. The second-order valence-electron chi connectivity index (χ2n) is 6.37. The molecule has 3 rings (SSSR count). The summed E-state index contributed by atoms with van der Waals surface area (Å²) in [6.45, 7) is 1.85. The van der Waals surface area contributed by atoms with Crippen LogP contribution in [-0.4, -0.2) is 14.3 Å². The summed E-state index contributed by atoms with van der Waals surface area (Å²) in [7, 11) is -4.02. The van der Waals surface area contributed by atoms with Crippen LogP contribution in [0, 0.1) is 0 Å². The Kier molecular flexibility index (Phi) is 6.47. The molecule has 0 aliphatic carbocycles. The topological polar surface area (TPSA) is 75.3 Å². The molecule has 0 aliphatic heterocycles. The normalized spacial score (nSPS) is 12.2. The van der Waals surface area contributed by atoms with Crippen LogP contribution >= 0.6 is 23.2 Å². The Hall–Kier alpha value is -2.54. The Labute approximate surface area is 179 Å². The Morgan fingerprint density at radius 1 is 0.931 bits per heavy atom. The summed E-state index contributed by atoms with van der Waals surface area (Å²) in [5.41, 5.74) is 1.41. The maximum atomic E-state index is 12.8. The number of halogens is 2. The third-order valence-electron chi connectivity index (χ3n) is 4.21. The fourth-order valence-electron chi connectivity index (χ4n) is 2.72. The third kappa shape index (κ3) is 5.29. The molecule has 0 saturated carbocycles. The summed E-state index contributed by atoms with van der Waals surface area (Å²) in [6.07, 6.45) is 0. The summed E-state index contributed by atoms with van der Waals surface area (Å²) in [5, 5.41) is 3.25. The molecular formula is C21H18Cl2N2O3S. The standard InChI is InChI=1S/C21H18Cl2N2O3S/c1-14(15-6-3-2-4-7-15)24-21(26)16-10-11-19(23)20(12-16)29(27,28)25-18-9-5-8-17(22)13-18/h2-14,25H,1H3,(H,24,26)/t14-/m1/s1. The van der Waals surface area contributed by atoms with Crippen molar-refractivity contribution in [1.82, 2.24) is 5.32 Å². The second kappa shape index (κ2) is 8.86. The number of nitrogens with one attached hydrogen (secondary N) is 2. The lowest BCUT2D eigenvalue weighted by molar-refractivity contribution is 0.0939. The number of carbonyl (C=O) groups is 1. The van der Waals surface area contributed by atoms with Crippen LogP contribution < -0.4 is 10.0 Å². The van der Waals surface area contributed by atoms with Gasteiger partial charge in [-0.3, -0.25) is 9.52 Å². The van der Waals surface area contributed by atoms with Crippen molar-refractivity contribution in [1.29, 1.82) is 0 Å². The Morgan fingerprint density at radius 3 is 2.34 bits per heavy atom. The minimum Gasteiger partial charge on any atom is -0.346 e. The van der Waals surface area contributed by atoms with Crippen LogP contribution in [0.1, 0.15) is 28.9 Å². The third-order valence-corrected chi connectivity index (χ3v) is 6.30. The summed E-state index contributed by atoms with van der Waals surface area (Å²) in [4.78, 5) is 12.4. The lowest BCUT2D eigenvalue weighted by Crippen LogP contribution is -2.27. The molecule has 5 nitrogen and oxygen atoms in total. The number of hydrogen-bond donors (Lipinski definition) is 2. The zero-order valence-corrected chi connectivity index (χ0v) is 17.7. The van der Waals surface area contributed by atoms with Gasteiger partial charge in [0.15, 0.2) is 0 Å². The quantitative estimate of drug-likeness (QED) is 0.537. The molecule has 1 amide bonds. The van der Waals surface area contributed by atoms with Crippen LogP contribution in [-0.2, 0) is 10.0 Å². The predicted molar refractivity (Wildman–Crippen MR) is 116 cm³/mol. The first kappa shape index (κ1) is 21.2. The summed E-state index contributed by atoms with van der Waals surface area (Å²) in [6, 6.07) is 19.6. The van der Waals surface area contributed by atoms with E-state index in [0.717, 1.165) is 5.56 Å². The van der Waals surface area contributed by atoms with E-state index in [1.807, 2.05) is 37.3 Å². The Morgan fingerprint density at radius 2 is 1.66 bits per heavy atom. The highest BCUT2D eigenvalue weighted by molar-refractivity contribution is 7.92. The molecule has 150 valence electrons. The van der Waals surface area contributed by atoms with Gasteiger partial charge in [-0.25, -0.2) is 8.42 Å². The van der Waals surface area contributed by atoms with E-state index in [0.29, 0.717) is 10.7 Å². The number of sulfonamides is 1. The molecule has 8 heteroatoms. The van der Waals surface area contributed by atoms with Crippen molar-refractivity contribution in [2.75, 3.05) is 4.72 Å². The van der Waals surface area contributed by atoms with Crippen LogP contribution in [0.4, 0.5) is 5.69 Å². The van der Waals surface area contributed by atoms with Gasteiger partial charge in [0.25, 0.3) is 15.9 Å². The van der Waals surface area contributed by atoms with E-state index in [9.17, 15) is 13.2 Å². The number of anilines is 1. The Balaban J connectivity index is 1.84. The van der Waals surface area contributed by atoms with Gasteiger partial charge in [0.05, 0.1) is 16.8 Å². The van der Waals surface area contributed by atoms with Crippen molar-refractivity contribution >= 4 is 44.8 Å². The van der Waals surface area contributed by atoms with Crippen molar-refractivity contribution < 1.29 is 13.2 Å². The molecule has 0 aromatic heterocycles. The van der Waals surface area contributed by atoms with Gasteiger partial charge in [-0.2, -0.15) is 0 Å². The zero-order valence-electron chi connectivity index (χ0n) is 15.4. The van der Waals surface area contributed by atoms with Gasteiger partial charge in [0.2, 0.25) is 0 Å². The largest absolute Gasteiger partial charge is 0.346 e. The second-order valence-corrected chi connectivity index (χ2v) is 8.86. The minimum atomic E-state index is -4.02. The first-order chi connectivity index (χ1) is 13.8. The number of benzene rings is 3. The molecule has 0 unspecified atom stereocenters. The summed E-state index contributed by atoms with van der Waals surface area (Å²) >= 11 is 12.0. The zero-order chi connectivity index (χ0) is 21.0. The number of rotatable bonds is 6. The fourth-order valence-corrected chi connectivity index (χ4v) is 4.48. The maximum absolute atomic E-state index is 12.8. The van der Waals surface area contributed by atoms with E-state index in [2.05, 4.69) is 10.0 Å². The van der Waals surface area contributed by atoms with E-state index in [1.54, 1.807) is 18.2 Å². The minimum absolute atomic E-state index is 0.00665. The van der Waals surface area contributed by atoms with Crippen LogP contribution in [0.5, 0.6) is 0 Å². The van der Waals surface area contributed by atoms with Gasteiger partial charge >= 0.3 is 0 Å². The van der Waals surface area contributed by atoms with Gasteiger partial charge in [0.1, 0.15) is 4.90 Å². The van der Waals surface area contributed by atoms with E-state index >= 15 is 0 Å². The fraction of sp³-hybridized carbons (Fsp3) is 0.0952. The number of hydrogen-bond acceptors (Lipinski definition) is 3. The first-order valence-electron chi connectivity index (χ1n) is 8.70. The van der Waals surface area contributed by atoms with Crippen LogP contribution in [0.15, 0.2) is 77.7 Å². The highest BCUT2D eigenvalue weighted by Crippen LogP contribution is 2.26. The van der Waals surface area contributed by atoms with Gasteiger partial charge in [-0.05, 0) is 48.9 Å². The van der Waals surface area contributed by atoms with Gasteiger partial charge in [0, 0.05) is 10.6 Å². The molecular weight excluding hydrogens is 431 g/mol. The van der Waals surface area contributed by atoms with E-state index in [-0.39, 0.29) is 21.5 Å².